The van der Waals surface area contributed by atoms with Gasteiger partial charge in [-0.05, 0) is 63.6 Å². The van der Waals surface area contributed by atoms with Gasteiger partial charge in [-0.25, -0.2) is 9.78 Å². The molecule has 0 N–H and O–H groups in total. The average Bonchev–Trinajstić information content (AvgIpc) is 3.63. The summed E-state index contributed by atoms with van der Waals surface area (Å²) in [6, 6.07) is 9.13. The summed E-state index contributed by atoms with van der Waals surface area (Å²) in [6.07, 6.45) is 1.60. The highest BCUT2D eigenvalue weighted by Gasteiger charge is 2.33. The van der Waals surface area contributed by atoms with Gasteiger partial charge in [-0.1, -0.05) is 0 Å². The van der Waals surface area contributed by atoms with Gasteiger partial charge in [-0.2, -0.15) is 0 Å². The Morgan fingerprint density at radius 3 is 2.46 bits per heavy atom. The summed E-state index contributed by atoms with van der Waals surface area (Å²) in [5, 5.41) is 2.75. The van der Waals surface area contributed by atoms with Crippen LogP contribution in [0.25, 0.3) is 21.8 Å². The van der Waals surface area contributed by atoms with Crippen molar-refractivity contribution >= 4 is 23.3 Å². The number of hydrogen-bond donors (Lipinski definition) is 0. The summed E-state index contributed by atoms with van der Waals surface area (Å²) < 4.78 is 27.2. The topological polar surface area (TPSA) is 96.4 Å². The minimum absolute atomic E-state index is 0.262. The van der Waals surface area contributed by atoms with E-state index in [0.717, 1.165) is 41.1 Å². The van der Waals surface area contributed by atoms with E-state index in [0.29, 0.717) is 48.3 Å². The molecule has 1 fully saturated rings. The van der Waals surface area contributed by atoms with E-state index in [9.17, 15) is 9.59 Å². The molecule has 0 radical (unpaired) electrons. The number of esters is 2. The van der Waals surface area contributed by atoms with Gasteiger partial charge in [0, 0.05) is 28.6 Å². The standard InChI is InChI=1S/C29H34N2O7S/c1-6-37-24-11-10-18(15-25(24)38-7-2)27-30-22(17-39-27)19-13-20(26(34-3)21(14-19)28(32)35-4)16-31-12-8-9-23(31)29(33)36-5/h10-11,13-15,17,23H,6-9,12,16H2,1-5H3/t23-/m0/s1. The van der Waals surface area contributed by atoms with Crippen molar-refractivity contribution in [2.24, 2.45) is 0 Å². The van der Waals surface area contributed by atoms with Gasteiger partial charge in [-0.3, -0.25) is 9.69 Å². The van der Waals surface area contributed by atoms with E-state index < -0.39 is 5.97 Å². The molecular weight excluding hydrogens is 520 g/mol. The summed E-state index contributed by atoms with van der Waals surface area (Å²) in [6.45, 7) is 6.07. The normalized spacial score (nSPS) is 15.2. The number of nitrogens with zero attached hydrogens (tertiary/aromatic N) is 2. The van der Waals surface area contributed by atoms with Gasteiger partial charge in [-0.15, -0.1) is 11.3 Å². The van der Waals surface area contributed by atoms with Crippen LogP contribution in [0, 0.1) is 0 Å². The number of benzene rings is 2. The second kappa shape index (κ2) is 12.9. The molecule has 0 aliphatic carbocycles. The maximum absolute atomic E-state index is 12.8. The number of likely N-dealkylation sites (tertiary alicyclic amines) is 1. The third-order valence-electron chi connectivity index (χ3n) is 6.58. The van der Waals surface area contributed by atoms with Crippen LogP contribution >= 0.6 is 11.3 Å². The first-order chi connectivity index (χ1) is 18.9. The molecule has 3 aromatic rings. The Kier molecular flexibility index (Phi) is 9.42. The molecule has 9 nitrogen and oxygen atoms in total. The summed E-state index contributed by atoms with van der Waals surface area (Å²) in [4.78, 5) is 32.0. The Hall–Kier alpha value is -3.63. The monoisotopic (exact) mass is 554 g/mol. The number of aromatic nitrogens is 1. The van der Waals surface area contributed by atoms with Crippen molar-refractivity contribution in [2.45, 2.75) is 39.3 Å². The molecule has 2 aromatic carbocycles. The highest BCUT2D eigenvalue weighted by atomic mass is 32.1. The molecule has 10 heteroatoms. The van der Waals surface area contributed by atoms with E-state index in [4.69, 9.17) is 28.7 Å². The molecule has 0 bridgehead atoms. The van der Waals surface area contributed by atoms with Crippen LogP contribution in [0.1, 0.15) is 42.6 Å². The van der Waals surface area contributed by atoms with Crippen molar-refractivity contribution in [1.82, 2.24) is 9.88 Å². The highest BCUT2D eigenvalue weighted by molar-refractivity contribution is 7.13. The average molecular weight is 555 g/mol. The lowest BCUT2D eigenvalue weighted by atomic mass is 10.0. The SMILES string of the molecule is CCOc1ccc(-c2nc(-c3cc(CN4CCC[C@H]4C(=O)OC)c(OC)c(C(=O)OC)c3)cs2)cc1OCC. The van der Waals surface area contributed by atoms with Crippen LogP contribution in [-0.2, 0) is 20.8 Å². The molecule has 4 rings (SSSR count). The molecule has 1 aliphatic heterocycles. The van der Waals surface area contributed by atoms with Gasteiger partial charge in [0.05, 0.1) is 40.2 Å². The van der Waals surface area contributed by atoms with Gasteiger partial charge in [0.25, 0.3) is 0 Å². The molecule has 1 saturated heterocycles. The number of methoxy groups -OCH3 is 3. The lowest BCUT2D eigenvalue weighted by Gasteiger charge is -2.24. The first-order valence-electron chi connectivity index (χ1n) is 12.9. The molecular formula is C29H34N2O7S. The van der Waals surface area contributed by atoms with E-state index in [2.05, 4.69) is 4.90 Å². The first-order valence-corrected chi connectivity index (χ1v) is 13.8. The lowest BCUT2D eigenvalue weighted by Crippen LogP contribution is -2.36. The molecule has 0 saturated carbocycles. The van der Waals surface area contributed by atoms with Crippen molar-refractivity contribution in [2.75, 3.05) is 41.1 Å². The summed E-state index contributed by atoms with van der Waals surface area (Å²) in [5.74, 6) is 1.00. The van der Waals surface area contributed by atoms with E-state index in [1.165, 1.54) is 32.7 Å². The molecule has 0 amide bonds. The molecule has 208 valence electrons. The fraction of sp³-hybridized carbons (Fsp3) is 0.414. The van der Waals surface area contributed by atoms with Crippen LogP contribution < -0.4 is 14.2 Å². The summed E-state index contributed by atoms with van der Waals surface area (Å²) in [7, 11) is 4.26. The lowest BCUT2D eigenvalue weighted by molar-refractivity contribution is -0.146. The van der Waals surface area contributed by atoms with Crippen molar-refractivity contribution in [3.8, 4) is 39.1 Å². The first kappa shape index (κ1) is 28.4. The Bertz CT molecular complexity index is 1320. The van der Waals surface area contributed by atoms with Gasteiger partial charge in [0.1, 0.15) is 22.4 Å². The minimum atomic E-state index is -0.510. The second-order valence-electron chi connectivity index (χ2n) is 8.92. The van der Waals surface area contributed by atoms with Crippen LogP contribution in [0.4, 0.5) is 0 Å². The predicted octanol–water partition coefficient (Wildman–Crippen LogP) is 5.21. The fourth-order valence-corrected chi connectivity index (χ4v) is 5.64. The van der Waals surface area contributed by atoms with E-state index >= 15 is 0 Å². The van der Waals surface area contributed by atoms with E-state index in [1.54, 1.807) is 6.07 Å². The van der Waals surface area contributed by atoms with Gasteiger partial charge >= 0.3 is 11.9 Å². The second-order valence-corrected chi connectivity index (χ2v) is 9.78. The molecule has 1 atom stereocenters. The maximum Gasteiger partial charge on any atom is 0.341 e. The third kappa shape index (κ3) is 6.17. The Balaban J connectivity index is 1.73. The Labute approximate surface area is 232 Å². The molecule has 0 unspecified atom stereocenters. The number of thiazole rings is 1. The molecule has 2 heterocycles. The third-order valence-corrected chi connectivity index (χ3v) is 7.47. The van der Waals surface area contributed by atoms with E-state index in [1.807, 2.05) is 43.5 Å². The zero-order valence-electron chi connectivity index (χ0n) is 22.9. The minimum Gasteiger partial charge on any atom is -0.496 e. The number of rotatable bonds is 11. The van der Waals surface area contributed by atoms with Crippen molar-refractivity contribution in [3.05, 3.63) is 46.8 Å². The molecule has 0 spiro atoms. The number of ether oxygens (including phenoxy) is 5. The largest absolute Gasteiger partial charge is 0.496 e. The van der Waals surface area contributed by atoms with Gasteiger partial charge in [0.15, 0.2) is 11.5 Å². The Morgan fingerprint density at radius 2 is 1.77 bits per heavy atom. The van der Waals surface area contributed by atoms with Crippen LogP contribution in [0.3, 0.4) is 0 Å². The van der Waals surface area contributed by atoms with Crippen LogP contribution in [0.2, 0.25) is 0 Å². The van der Waals surface area contributed by atoms with Crippen LogP contribution in [0.15, 0.2) is 35.7 Å². The Morgan fingerprint density at radius 1 is 1.00 bits per heavy atom. The quantitative estimate of drug-likeness (QED) is 0.296. The number of carbonyl (C=O) groups excluding carboxylic acids is 2. The fourth-order valence-electron chi connectivity index (χ4n) is 4.82. The predicted molar refractivity (Wildman–Crippen MR) is 149 cm³/mol. The molecule has 39 heavy (non-hydrogen) atoms. The van der Waals surface area contributed by atoms with Gasteiger partial charge in [0.2, 0.25) is 0 Å². The van der Waals surface area contributed by atoms with Crippen molar-refractivity contribution < 1.29 is 33.3 Å². The molecule has 1 aliphatic rings. The van der Waals surface area contributed by atoms with Crippen molar-refractivity contribution in [1.29, 1.82) is 0 Å². The van der Waals surface area contributed by atoms with Crippen LogP contribution in [0.5, 0.6) is 17.2 Å². The number of hydrogen-bond acceptors (Lipinski definition) is 10. The van der Waals surface area contributed by atoms with Crippen molar-refractivity contribution in [3.63, 3.8) is 0 Å². The van der Waals surface area contributed by atoms with Crippen LogP contribution in [-0.4, -0.2) is 69.0 Å². The zero-order chi connectivity index (χ0) is 27.9. The summed E-state index contributed by atoms with van der Waals surface area (Å²) >= 11 is 1.49. The molecule has 1 aromatic heterocycles. The smallest absolute Gasteiger partial charge is 0.341 e. The highest BCUT2D eigenvalue weighted by Crippen LogP contribution is 2.38. The number of carbonyl (C=O) groups is 2. The maximum atomic E-state index is 12.8. The van der Waals surface area contributed by atoms with E-state index in [-0.39, 0.29) is 12.0 Å². The summed E-state index contributed by atoms with van der Waals surface area (Å²) in [5.41, 5.74) is 3.43. The zero-order valence-corrected chi connectivity index (χ0v) is 23.8. The van der Waals surface area contributed by atoms with Gasteiger partial charge < -0.3 is 23.7 Å².